The molecule has 1 aromatic rings. The number of amides is 1. The maximum atomic E-state index is 11.6. The van der Waals surface area contributed by atoms with Gasteiger partial charge in [-0.3, -0.25) is 9.59 Å². The summed E-state index contributed by atoms with van der Waals surface area (Å²) in [6.45, 7) is 6.12. The summed E-state index contributed by atoms with van der Waals surface area (Å²) >= 11 is 1.08. The number of hydrogen-bond donors (Lipinski definition) is 2. The molecule has 1 fully saturated rings. The van der Waals surface area contributed by atoms with Crippen LogP contribution in [-0.2, 0) is 9.59 Å². The Morgan fingerprint density at radius 2 is 2.00 bits per heavy atom. The third-order valence-electron chi connectivity index (χ3n) is 3.51. The summed E-state index contributed by atoms with van der Waals surface area (Å²) in [5.74, 6) is -1.36. The molecule has 1 saturated heterocycles. The van der Waals surface area contributed by atoms with Gasteiger partial charge < -0.3 is 15.3 Å². The minimum absolute atomic E-state index is 0.230. The van der Waals surface area contributed by atoms with Gasteiger partial charge >= 0.3 is 5.97 Å². The summed E-state index contributed by atoms with van der Waals surface area (Å²) < 4.78 is 0. The Hall–Kier alpha value is -2.35. The van der Waals surface area contributed by atoms with E-state index in [9.17, 15) is 9.59 Å². The summed E-state index contributed by atoms with van der Waals surface area (Å²) in [6.07, 6.45) is 1.36. The largest absolute Gasteiger partial charge is 0.481 e. The standard InChI is InChI=1S/C16H20N4O3S/c1-3-20(4-2)12-7-5-11(6-8-12)10-17-19-16-18-15(23)13(24-16)9-14(21)22/h5-8,10,13H,3-4,9H2,1-2H3,(H,21,22)(H,18,19,23)/b17-10-/t13-/m1/s1. The van der Waals surface area contributed by atoms with Gasteiger partial charge in [0.05, 0.1) is 12.6 Å². The van der Waals surface area contributed by atoms with E-state index in [0.717, 1.165) is 36.1 Å². The van der Waals surface area contributed by atoms with Crippen molar-refractivity contribution >= 4 is 40.7 Å². The van der Waals surface area contributed by atoms with Gasteiger partial charge in [0.2, 0.25) is 5.91 Å². The minimum atomic E-state index is -1.01. The first kappa shape index (κ1) is 18.0. The topological polar surface area (TPSA) is 94.4 Å². The normalized spacial score (nSPS) is 19.0. The molecule has 8 heteroatoms. The number of aliphatic carboxylic acids is 1. The molecule has 0 saturated carbocycles. The monoisotopic (exact) mass is 348 g/mol. The van der Waals surface area contributed by atoms with Crippen molar-refractivity contribution in [3.63, 3.8) is 0 Å². The Morgan fingerprint density at radius 1 is 1.33 bits per heavy atom. The maximum Gasteiger partial charge on any atom is 0.305 e. The molecule has 1 aliphatic rings. The van der Waals surface area contributed by atoms with E-state index >= 15 is 0 Å². The molecule has 1 aromatic carbocycles. The van der Waals surface area contributed by atoms with Gasteiger partial charge in [0, 0.05) is 18.8 Å². The zero-order valence-electron chi connectivity index (χ0n) is 13.6. The molecule has 1 aliphatic heterocycles. The Kier molecular flexibility index (Phi) is 6.36. The fourth-order valence-electron chi connectivity index (χ4n) is 2.25. The number of amidine groups is 1. The van der Waals surface area contributed by atoms with Crippen LogP contribution in [0.15, 0.2) is 34.5 Å². The van der Waals surface area contributed by atoms with Crippen LogP contribution in [0.2, 0.25) is 0 Å². The van der Waals surface area contributed by atoms with Crippen molar-refractivity contribution in [2.24, 2.45) is 10.2 Å². The number of thioether (sulfide) groups is 1. The van der Waals surface area contributed by atoms with Crippen LogP contribution in [0.3, 0.4) is 0 Å². The van der Waals surface area contributed by atoms with E-state index in [-0.39, 0.29) is 12.3 Å². The lowest BCUT2D eigenvalue weighted by Gasteiger charge is -2.20. The number of anilines is 1. The lowest BCUT2D eigenvalue weighted by atomic mass is 10.2. The van der Waals surface area contributed by atoms with Crippen molar-refractivity contribution in [2.75, 3.05) is 18.0 Å². The summed E-state index contributed by atoms with van der Waals surface area (Å²) in [5.41, 5.74) is 2.05. The van der Waals surface area contributed by atoms with Crippen molar-refractivity contribution in [3.05, 3.63) is 29.8 Å². The van der Waals surface area contributed by atoms with E-state index in [0.29, 0.717) is 5.17 Å². The number of carbonyl (C=O) groups is 2. The number of nitrogens with one attached hydrogen (secondary N) is 1. The first-order valence-corrected chi connectivity index (χ1v) is 8.56. The van der Waals surface area contributed by atoms with Crippen LogP contribution in [0, 0.1) is 0 Å². The number of hydrogen-bond acceptors (Lipinski definition) is 6. The van der Waals surface area contributed by atoms with Crippen LogP contribution < -0.4 is 10.2 Å². The van der Waals surface area contributed by atoms with Crippen LogP contribution in [-0.4, -0.2) is 46.7 Å². The van der Waals surface area contributed by atoms with Gasteiger partial charge in [0.1, 0.15) is 5.25 Å². The predicted molar refractivity (Wildman–Crippen MR) is 96.8 cm³/mol. The van der Waals surface area contributed by atoms with Gasteiger partial charge in [-0.2, -0.15) is 5.10 Å². The lowest BCUT2D eigenvalue weighted by Crippen LogP contribution is -2.26. The average molecular weight is 348 g/mol. The molecule has 0 radical (unpaired) electrons. The average Bonchev–Trinajstić information content (AvgIpc) is 2.89. The van der Waals surface area contributed by atoms with Crippen molar-refractivity contribution in [2.45, 2.75) is 25.5 Å². The molecule has 2 N–H and O–H groups in total. The highest BCUT2D eigenvalue weighted by molar-refractivity contribution is 8.15. The van der Waals surface area contributed by atoms with E-state index in [1.807, 2.05) is 24.3 Å². The van der Waals surface area contributed by atoms with Crippen LogP contribution in [0.4, 0.5) is 5.69 Å². The number of benzene rings is 1. The lowest BCUT2D eigenvalue weighted by molar-refractivity contribution is -0.138. The molecule has 0 spiro atoms. The van der Waals surface area contributed by atoms with Crippen LogP contribution in [0.25, 0.3) is 0 Å². The summed E-state index contributed by atoms with van der Waals surface area (Å²) in [7, 11) is 0. The Labute approximate surface area is 144 Å². The third kappa shape index (κ3) is 4.82. The molecule has 24 heavy (non-hydrogen) atoms. The van der Waals surface area contributed by atoms with Crippen molar-refractivity contribution in [1.82, 2.24) is 5.32 Å². The number of carbonyl (C=O) groups excluding carboxylic acids is 1. The second kappa shape index (κ2) is 8.49. The molecule has 1 heterocycles. The molecular weight excluding hydrogens is 328 g/mol. The summed E-state index contributed by atoms with van der Waals surface area (Å²) in [6, 6.07) is 7.95. The van der Waals surface area contributed by atoms with Crippen molar-refractivity contribution < 1.29 is 14.7 Å². The van der Waals surface area contributed by atoms with E-state index in [4.69, 9.17) is 5.11 Å². The molecule has 0 aromatic heterocycles. The second-order valence-electron chi connectivity index (χ2n) is 5.11. The predicted octanol–water partition coefficient (Wildman–Crippen LogP) is 1.93. The molecule has 0 unspecified atom stereocenters. The molecule has 2 rings (SSSR count). The van der Waals surface area contributed by atoms with Crippen molar-refractivity contribution in [3.8, 4) is 0 Å². The van der Waals surface area contributed by atoms with E-state index in [1.165, 1.54) is 0 Å². The van der Waals surface area contributed by atoms with Gasteiger partial charge in [-0.05, 0) is 31.5 Å². The van der Waals surface area contributed by atoms with Gasteiger partial charge in [-0.25, -0.2) is 0 Å². The van der Waals surface area contributed by atoms with E-state index < -0.39 is 11.2 Å². The summed E-state index contributed by atoms with van der Waals surface area (Å²) in [4.78, 5) is 24.5. The highest BCUT2D eigenvalue weighted by Crippen LogP contribution is 2.22. The Morgan fingerprint density at radius 3 is 2.58 bits per heavy atom. The van der Waals surface area contributed by atoms with Crippen LogP contribution in [0.1, 0.15) is 25.8 Å². The zero-order chi connectivity index (χ0) is 17.5. The molecular formula is C16H20N4O3S. The van der Waals surface area contributed by atoms with Gasteiger partial charge in [-0.15, -0.1) is 5.10 Å². The van der Waals surface area contributed by atoms with Gasteiger partial charge in [0.15, 0.2) is 5.17 Å². The smallest absolute Gasteiger partial charge is 0.305 e. The third-order valence-corrected chi connectivity index (χ3v) is 4.59. The maximum absolute atomic E-state index is 11.6. The fraction of sp³-hybridized carbons (Fsp3) is 0.375. The second-order valence-corrected chi connectivity index (χ2v) is 6.30. The van der Waals surface area contributed by atoms with E-state index in [1.54, 1.807) is 6.21 Å². The number of rotatable bonds is 7. The number of nitrogens with zero attached hydrogens (tertiary/aromatic N) is 3. The quantitative estimate of drug-likeness (QED) is 0.580. The minimum Gasteiger partial charge on any atom is -0.481 e. The van der Waals surface area contributed by atoms with Gasteiger partial charge in [-0.1, -0.05) is 23.9 Å². The fourth-order valence-corrected chi connectivity index (χ4v) is 3.17. The zero-order valence-corrected chi connectivity index (χ0v) is 14.4. The van der Waals surface area contributed by atoms with E-state index in [2.05, 4.69) is 34.3 Å². The Balaban J connectivity index is 1.96. The van der Waals surface area contributed by atoms with Gasteiger partial charge in [0.25, 0.3) is 0 Å². The van der Waals surface area contributed by atoms with Crippen molar-refractivity contribution in [1.29, 1.82) is 0 Å². The van der Waals surface area contributed by atoms with Crippen LogP contribution >= 0.6 is 11.8 Å². The highest BCUT2D eigenvalue weighted by Gasteiger charge is 2.32. The SMILES string of the molecule is CCN(CC)c1ccc(/C=N\N=C2/NC(=O)[C@@H](CC(=O)O)S2)cc1. The Bertz CT molecular complexity index is 654. The highest BCUT2D eigenvalue weighted by atomic mass is 32.2. The number of carboxylic acids is 1. The van der Waals surface area contributed by atoms with Crippen LogP contribution in [0.5, 0.6) is 0 Å². The number of carboxylic acid groups (broad SMARTS) is 1. The molecule has 1 amide bonds. The molecule has 1 atom stereocenters. The molecule has 0 aliphatic carbocycles. The molecule has 128 valence electrons. The first-order valence-electron chi connectivity index (χ1n) is 7.68. The summed E-state index contributed by atoms with van der Waals surface area (Å²) in [5, 5.41) is 18.8. The first-order chi connectivity index (χ1) is 11.5. The molecule has 7 nitrogen and oxygen atoms in total. The molecule has 0 bridgehead atoms.